The van der Waals surface area contributed by atoms with Crippen molar-refractivity contribution in [1.82, 2.24) is 14.9 Å². The number of nitrogens with zero attached hydrogens (tertiary/aromatic N) is 4. The Hall–Kier alpha value is -1.20. The lowest BCUT2D eigenvalue weighted by molar-refractivity contribution is 0.112. The first-order valence-corrected chi connectivity index (χ1v) is 6.78. The van der Waals surface area contributed by atoms with Crippen LogP contribution in [0.5, 0.6) is 0 Å². The van der Waals surface area contributed by atoms with E-state index in [1.54, 1.807) is 6.92 Å². The van der Waals surface area contributed by atoms with Gasteiger partial charge in [-0.25, -0.2) is 9.97 Å². The van der Waals surface area contributed by atoms with Crippen LogP contribution in [0.2, 0.25) is 5.15 Å². The zero-order chi connectivity index (χ0) is 14.0. The first-order chi connectivity index (χ1) is 9.01. The highest BCUT2D eigenvalue weighted by Gasteiger charge is 2.23. The largest absolute Gasteiger partial charge is 0.359 e. The summed E-state index contributed by atoms with van der Waals surface area (Å²) in [5, 5.41) is 0.230. The molecule has 0 aromatic carbocycles. The van der Waals surface area contributed by atoms with Gasteiger partial charge in [-0.3, -0.25) is 4.79 Å². The van der Waals surface area contributed by atoms with Crippen molar-refractivity contribution in [3.8, 4) is 0 Å². The fourth-order valence-electron chi connectivity index (χ4n) is 2.57. The molecule has 1 aromatic heterocycles. The number of hydrogen-bond acceptors (Lipinski definition) is 5. The minimum atomic E-state index is 0.230. The smallest absolute Gasteiger partial charge is 0.156 e. The Kier molecular flexibility index (Phi) is 4.37. The van der Waals surface area contributed by atoms with Crippen LogP contribution in [0, 0.1) is 12.8 Å². The van der Waals surface area contributed by atoms with Crippen LogP contribution < -0.4 is 4.90 Å². The highest BCUT2D eigenvalue weighted by molar-refractivity contribution is 6.32. The van der Waals surface area contributed by atoms with E-state index in [1.165, 1.54) is 6.42 Å². The number of aryl methyl sites for hydroxylation is 1. The van der Waals surface area contributed by atoms with Crippen molar-refractivity contribution in [2.24, 2.45) is 5.92 Å². The van der Waals surface area contributed by atoms with E-state index in [0.717, 1.165) is 25.9 Å². The summed E-state index contributed by atoms with van der Waals surface area (Å²) in [5.74, 6) is 1.81. The second-order valence-corrected chi connectivity index (χ2v) is 5.57. The number of carbonyl (C=O) groups excluding carboxylic acids is 1. The van der Waals surface area contributed by atoms with Crippen LogP contribution in [0.25, 0.3) is 0 Å². The number of halogens is 1. The van der Waals surface area contributed by atoms with E-state index in [2.05, 4.69) is 21.9 Å². The number of hydrogen-bond donors (Lipinski definition) is 0. The minimum absolute atomic E-state index is 0.230. The van der Waals surface area contributed by atoms with E-state index in [4.69, 9.17) is 11.6 Å². The zero-order valence-corrected chi connectivity index (χ0v) is 12.3. The van der Waals surface area contributed by atoms with E-state index in [0.29, 0.717) is 23.1 Å². The van der Waals surface area contributed by atoms with Gasteiger partial charge in [-0.1, -0.05) is 11.6 Å². The second kappa shape index (κ2) is 5.84. The van der Waals surface area contributed by atoms with Gasteiger partial charge in [-0.2, -0.15) is 0 Å². The van der Waals surface area contributed by atoms with E-state index in [9.17, 15) is 4.79 Å². The summed E-state index contributed by atoms with van der Waals surface area (Å²) < 4.78 is 0. The van der Waals surface area contributed by atoms with Crippen LogP contribution in [-0.2, 0) is 0 Å². The third-order valence-corrected chi connectivity index (χ3v) is 3.78. The molecule has 1 aromatic rings. The van der Waals surface area contributed by atoms with Gasteiger partial charge in [0.15, 0.2) is 6.29 Å². The molecule has 1 atom stereocenters. The predicted molar refractivity (Wildman–Crippen MR) is 76.0 cm³/mol. The Bertz CT molecular complexity index is 480. The van der Waals surface area contributed by atoms with Gasteiger partial charge in [0, 0.05) is 20.1 Å². The molecule has 0 spiro atoms. The lowest BCUT2D eigenvalue weighted by Crippen LogP contribution is -2.29. The van der Waals surface area contributed by atoms with Gasteiger partial charge in [0.2, 0.25) is 0 Å². The van der Waals surface area contributed by atoms with Crippen LogP contribution in [0.4, 0.5) is 5.82 Å². The topological polar surface area (TPSA) is 49.3 Å². The molecule has 0 radical (unpaired) electrons. The monoisotopic (exact) mass is 282 g/mol. The first kappa shape index (κ1) is 14.2. The SMILES string of the molecule is Cc1nc(Cl)c(C=O)c(N(C)CC2CCN(C)C2)n1. The summed E-state index contributed by atoms with van der Waals surface area (Å²) in [6, 6.07) is 0. The van der Waals surface area contributed by atoms with Crippen molar-refractivity contribution in [2.45, 2.75) is 13.3 Å². The molecule has 19 heavy (non-hydrogen) atoms. The average molecular weight is 283 g/mol. The van der Waals surface area contributed by atoms with E-state index >= 15 is 0 Å². The van der Waals surface area contributed by atoms with Gasteiger partial charge in [-0.05, 0) is 32.9 Å². The van der Waals surface area contributed by atoms with Gasteiger partial charge in [-0.15, -0.1) is 0 Å². The molecular formula is C13H19ClN4O. The third kappa shape index (κ3) is 3.22. The van der Waals surface area contributed by atoms with Crippen molar-refractivity contribution >= 4 is 23.7 Å². The van der Waals surface area contributed by atoms with E-state index < -0.39 is 0 Å². The lowest BCUT2D eigenvalue weighted by Gasteiger charge is -2.23. The quantitative estimate of drug-likeness (QED) is 0.621. The predicted octanol–water partition coefficient (Wildman–Crippen LogP) is 1.64. The first-order valence-electron chi connectivity index (χ1n) is 6.40. The Morgan fingerprint density at radius 2 is 2.26 bits per heavy atom. The number of rotatable bonds is 4. The molecule has 1 aliphatic rings. The van der Waals surface area contributed by atoms with Crippen molar-refractivity contribution in [3.05, 3.63) is 16.5 Å². The van der Waals surface area contributed by atoms with E-state index in [-0.39, 0.29) is 5.15 Å². The molecule has 0 amide bonds. The summed E-state index contributed by atoms with van der Waals surface area (Å²) in [6.45, 7) is 4.86. The van der Waals surface area contributed by atoms with Crippen molar-refractivity contribution in [2.75, 3.05) is 38.6 Å². The summed E-state index contributed by atoms with van der Waals surface area (Å²) in [6.07, 6.45) is 1.91. The van der Waals surface area contributed by atoms with Gasteiger partial charge in [0.05, 0.1) is 5.56 Å². The average Bonchev–Trinajstić information content (AvgIpc) is 2.73. The normalized spacial score (nSPS) is 19.7. The van der Waals surface area contributed by atoms with Crippen LogP contribution in [-0.4, -0.2) is 54.9 Å². The maximum Gasteiger partial charge on any atom is 0.156 e. The summed E-state index contributed by atoms with van der Waals surface area (Å²) >= 11 is 6.00. The number of aromatic nitrogens is 2. The number of aldehydes is 1. The summed E-state index contributed by atoms with van der Waals surface area (Å²) in [5.41, 5.74) is 0.376. The summed E-state index contributed by atoms with van der Waals surface area (Å²) in [7, 11) is 4.08. The molecule has 0 N–H and O–H groups in total. The fraction of sp³-hybridized carbons (Fsp3) is 0.615. The third-order valence-electron chi connectivity index (χ3n) is 3.49. The standard InChI is InChI=1S/C13H19ClN4O/c1-9-15-12(14)11(8-19)13(16-9)18(3)7-10-4-5-17(2)6-10/h8,10H,4-7H2,1-3H3. The second-order valence-electron chi connectivity index (χ2n) is 5.21. The zero-order valence-electron chi connectivity index (χ0n) is 11.6. The molecule has 104 valence electrons. The summed E-state index contributed by atoms with van der Waals surface area (Å²) in [4.78, 5) is 23.8. The molecule has 2 rings (SSSR count). The van der Waals surface area contributed by atoms with Gasteiger partial charge >= 0.3 is 0 Å². The van der Waals surface area contributed by atoms with Gasteiger partial charge in [0.25, 0.3) is 0 Å². The Balaban J connectivity index is 2.18. The molecule has 1 fully saturated rings. The highest BCUT2D eigenvalue weighted by atomic mass is 35.5. The molecule has 1 unspecified atom stereocenters. The lowest BCUT2D eigenvalue weighted by atomic mass is 10.1. The highest BCUT2D eigenvalue weighted by Crippen LogP contribution is 2.24. The number of anilines is 1. The van der Waals surface area contributed by atoms with Gasteiger partial charge in [0.1, 0.15) is 16.8 Å². The molecule has 0 bridgehead atoms. The number of likely N-dealkylation sites (tertiary alicyclic amines) is 1. The van der Waals surface area contributed by atoms with Gasteiger partial charge < -0.3 is 9.80 Å². The van der Waals surface area contributed by atoms with Crippen molar-refractivity contribution < 1.29 is 4.79 Å². The van der Waals surface area contributed by atoms with Crippen LogP contribution in [0.1, 0.15) is 22.6 Å². The minimum Gasteiger partial charge on any atom is -0.359 e. The van der Waals surface area contributed by atoms with Crippen LogP contribution >= 0.6 is 11.6 Å². The molecular weight excluding hydrogens is 264 g/mol. The van der Waals surface area contributed by atoms with Crippen LogP contribution in [0.3, 0.4) is 0 Å². The molecule has 0 saturated carbocycles. The Labute approximate surface area is 118 Å². The maximum atomic E-state index is 11.2. The van der Waals surface area contributed by atoms with Crippen molar-refractivity contribution in [1.29, 1.82) is 0 Å². The molecule has 1 saturated heterocycles. The Morgan fingerprint density at radius 1 is 1.53 bits per heavy atom. The molecule has 6 heteroatoms. The molecule has 2 heterocycles. The molecule has 1 aliphatic heterocycles. The Morgan fingerprint density at radius 3 is 2.84 bits per heavy atom. The van der Waals surface area contributed by atoms with Crippen molar-refractivity contribution in [3.63, 3.8) is 0 Å². The molecule has 5 nitrogen and oxygen atoms in total. The maximum absolute atomic E-state index is 11.2. The number of carbonyl (C=O) groups is 1. The molecule has 0 aliphatic carbocycles. The fourth-order valence-corrected chi connectivity index (χ4v) is 2.83. The van der Waals surface area contributed by atoms with E-state index in [1.807, 2.05) is 11.9 Å². The van der Waals surface area contributed by atoms with Crippen LogP contribution in [0.15, 0.2) is 0 Å².